The summed E-state index contributed by atoms with van der Waals surface area (Å²) in [5.41, 5.74) is 0. The Morgan fingerprint density at radius 1 is 1.43 bits per heavy atom. The number of thiol groups is 1. The van der Waals surface area contributed by atoms with E-state index in [4.69, 9.17) is 13.0 Å². The molecule has 0 saturated carbocycles. The van der Waals surface area contributed by atoms with Gasteiger partial charge in [-0.25, -0.2) is 0 Å². The summed E-state index contributed by atoms with van der Waals surface area (Å²) in [6.07, 6.45) is 0. The standard InChI is InChI=1S/K.H2O3S2.Sb.4H/c;1-5(2,3)4;;;;;/h;(H2,1,2,3,4);;;;;. The van der Waals surface area contributed by atoms with Gasteiger partial charge in [-0.3, -0.25) is 4.55 Å². The van der Waals surface area contributed by atoms with Crippen molar-refractivity contribution in [1.82, 2.24) is 0 Å². The van der Waals surface area contributed by atoms with Crippen LogP contribution in [0.2, 0.25) is 0 Å². The number of rotatable bonds is 0. The molecule has 42 valence electrons. The van der Waals surface area contributed by atoms with Crippen molar-refractivity contribution in [3.05, 3.63) is 0 Å². The van der Waals surface area contributed by atoms with Crippen molar-refractivity contribution in [2.75, 3.05) is 0 Å². The van der Waals surface area contributed by atoms with Gasteiger partial charge in [0.15, 0.2) is 0 Å². The number of hydrogen-bond donors (Lipinski definition) is 2. The van der Waals surface area contributed by atoms with Crippen molar-refractivity contribution in [1.29, 1.82) is 0 Å². The Labute approximate surface area is 107 Å². The van der Waals surface area contributed by atoms with Gasteiger partial charge >= 0.3 is 85.0 Å². The van der Waals surface area contributed by atoms with E-state index in [2.05, 4.69) is 11.7 Å². The van der Waals surface area contributed by atoms with Gasteiger partial charge in [-0.05, 0) is 11.7 Å². The van der Waals surface area contributed by atoms with E-state index in [0.29, 0.717) is 0 Å². The minimum atomic E-state index is -3.97. The molecule has 0 aliphatic rings. The van der Waals surface area contributed by atoms with Gasteiger partial charge in [0.2, 0.25) is 0 Å². The van der Waals surface area contributed by atoms with Crippen molar-refractivity contribution in [2.45, 2.75) is 0 Å². The van der Waals surface area contributed by atoms with Gasteiger partial charge in [-0.15, -0.1) is 0 Å². The molecule has 0 rings (SSSR count). The summed E-state index contributed by atoms with van der Waals surface area (Å²) < 4.78 is 25.5. The van der Waals surface area contributed by atoms with Crippen LogP contribution in [-0.2, 0) is 9.15 Å². The zero-order valence-electron chi connectivity index (χ0n) is 2.83. The molecule has 0 aromatic carbocycles. The van der Waals surface area contributed by atoms with E-state index in [1.54, 1.807) is 0 Å². The molecule has 0 amide bonds. The first kappa shape index (κ1) is 16.4. The molecule has 0 radical (unpaired) electrons. The first-order valence-corrected chi connectivity index (χ1v) is 3.19. The van der Waals surface area contributed by atoms with Crippen LogP contribution in [0.25, 0.3) is 0 Å². The van der Waals surface area contributed by atoms with E-state index in [0.717, 1.165) is 0 Å². The van der Waals surface area contributed by atoms with E-state index < -0.39 is 9.15 Å². The fourth-order valence-electron chi connectivity index (χ4n) is 0. The topological polar surface area (TPSA) is 54.4 Å². The molecular formula is H6KO3S2Sb. The maximum atomic E-state index is 9.05. The summed E-state index contributed by atoms with van der Waals surface area (Å²) >= 11 is 2.65. The van der Waals surface area contributed by atoms with Crippen LogP contribution in [0.15, 0.2) is 0 Å². The zero-order valence-corrected chi connectivity index (χ0v) is 8.57. The fraction of sp³-hybridized carbons (Fsp3) is 0. The molecule has 1 N–H and O–H groups in total. The third-order valence-electron chi connectivity index (χ3n) is 0. The Bertz CT molecular complexity index is 96.1. The second kappa shape index (κ2) is 6.83. The average molecular weight is 279 g/mol. The monoisotopic (exact) mass is 278 g/mol. The molecule has 0 aliphatic heterocycles. The summed E-state index contributed by atoms with van der Waals surface area (Å²) in [5, 5.41) is 0. The second-order valence-electron chi connectivity index (χ2n) is 0.448. The molecule has 0 atom stereocenters. The van der Waals surface area contributed by atoms with Crippen LogP contribution in [-0.4, -0.2) is 88.8 Å². The van der Waals surface area contributed by atoms with Crippen LogP contribution in [0.1, 0.15) is 0 Å². The van der Waals surface area contributed by atoms with Gasteiger partial charge in [0.05, 0.1) is 0 Å². The summed E-state index contributed by atoms with van der Waals surface area (Å²) in [6.45, 7) is 0. The number of hydrogen-bond acceptors (Lipinski definition) is 2. The second-order valence-corrected chi connectivity index (χ2v) is 2.73. The van der Waals surface area contributed by atoms with Gasteiger partial charge in [0.1, 0.15) is 0 Å². The predicted octanol–water partition coefficient (Wildman–Crippen LogP) is -2.11. The fourth-order valence-corrected chi connectivity index (χ4v) is 0. The minimum absolute atomic E-state index is 0. The van der Waals surface area contributed by atoms with Crippen LogP contribution >= 0.6 is 11.7 Å². The van der Waals surface area contributed by atoms with Gasteiger partial charge in [-0.1, -0.05) is 0 Å². The van der Waals surface area contributed by atoms with Gasteiger partial charge in [0.25, 0.3) is 0 Å². The van der Waals surface area contributed by atoms with Crippen molar-refractivity contribution in [2.24, 2.45) is 0 Å². The summed E-state index contributed by atoms with van der Waals surface area (Å²) in [7, 11) is -3.97. The first-order chi connectivity index (χ1) is 2.00. The Kier molecular flexibility index (Phi) is 16.0. The summed E-state index contributed by atoms with van der Waals surface area (Å²) in [5.74, 6) is 0. The van der Waals surface area contributed by atoms with Crippen LogP contribution in [0.3, 0.4) is 0 Å². The van der Waals surface area contributed by atoms with Crippen molar-refractivity contribution in [3.63, 3.8) is 0 Å². The first-order valence-electron chi connectivity index (χ1n) is 0.698. The molecule has 7 heavy (non-hydrogen) atoms. The third kappa shape index (κ3) is 53.3. The van der Waals surface area contributed by atoms with Crippen LogP contribution in [0.5, 0.6) is 0 Å². The molecule has 0 aromatic heterocycles. The van der Waals surface area contributed by atoms with Crippen LogP contribution in [0, 0.1) is 0 Å². The van der Waals surface area contributed by atoms with Crippen molar-refractivity contribution in [3.8, 4) is 0 Å². The quantitative estimate of drug-likeness (QED) is 0.231. The van der Waals surface area contributed by atoms with Crippen molar-refractivity contribution >= 4 is 96.6 Å². The molecule has 0 fully saturated rings. The zero-order chi connectivity index (χ0) is 4.50. The maximum absolute atomic E-state index is 9.05. The Hall–Kier alpha value is 2.71. The van der Waals surface area contributed by atoms with Gasteiger partial charge in [-0.2, -0.15) is 8.42 Å². The normalized spacial score (nSPS) is 8.29. The van der Waals surface area contributed by atoms with E-state index in [9.17, 15) is 0 Å². The Morgan fingerprint density at radius 3 is 1.43 bits per heavy atom. The van der Waals surface area contributed by atoms with Crippen LogP contribution in [0.4, 0.5) is 0 Å². The molecule has 0 spiro atoms. The Balaban J connectivity index is -0.0000000800. The van der Waals surface area contributed by atoms with E-state index in [1.165, 1.54) is 0 Å². The molecular weight excluding hydrogens is 273 g/mol. The molecule has 0 saturated heterocycles. The molecule has 7 heteroatoms. The molecule has 0 heterocycles. The van der Waals surface area contributed by atoms with Gasteiger partial charge in [0, 0.05) is 0 Å². The van der Waals surface area contributed by atoms with Gasteiger partial charge < -0.3 is 0 Å². The molecule has 3 nitrogen and oxygen atoms in total. The molecule has 0 bridgehead atoms. The van der Waals surface area contributed by atoms with Crippen LogP contribution < -0.4 is 0 Å². The summed E-state index contributed by atoms with van der Waals surface area (Å²) in [4.78, 5) is 0. The molecule has 0 aromatic rings. The molecule has 0 unspecified atom stereocenters. The summed E-state index contributed by atoms with van der Waals surface area (Å²) in [6, 6.07) is 0. The average Bonchev–Trinajstić information content (AvgIpc) is 0.722. The van der Waals surface area contributed by atoms with E-state index in [1.807, 2.05) is 0 Å². The molecule has 0 aliphatic carbocycles. The van der Waals surface area contributed by atoms with E-state index in [-0.39, 0.29) is 75.8 Å². The SMILES string of the molecule is O=S(=O)(O)S.[KH].[SbH3]. The third-order valence-corrected chi connectivity index (χ3v) is 0. The predicted molar refractivity (Wildman–Crippen MR) is 37.6 cm³/mol. The van der Waals surface area contributed by atoms with E-state index >= 15 is 0 Å². The van der Waals surface area contributed by atoms with Crippen molar-refractivity contribution < 1.29 is 13.0 Å². The Morgan fingerprint density at radius 2 is 1.43 bits per heavy atom.